The Morgan fingerprint density at radius 1 is 0.254 bits per heavy atom. The van der Waals surface area contributed by atoms with E-state index >= 15 is 0 Å². The topological polar surface area (TPSA) is 9.72 Å². The number of nitrogens with zero attached hydrogens (tertiary/aromatic N) is 3. The van der Waals surface area contributed by atoms with Crippen molar-refractivity contribution in [2.75, 3.05) is 14.7 Å². The summed E-state index contributed by atoms with van der Waals surface area (Å²) < 4.78 is 5.01. The third-order valence-electron chi connectivity index (χ3n) is 11.0. The van der Waals surface area contributed by atoms with Gasteiger partial charge in [0, 0.05) is 75.5 Å². The third-order valence-corrected chi connectivity index (χ3v) is 13.3. The minimum Gasteiger partial charge on any atom is -0.310 e. The fourth-order valence-electron chi connectivity index (χ4n) is 8.40. The lowest BCUT2D eigenvalue weighted by atomic mass is 10.1. The van der Waals surface area contributed by atoms with Gasteiger partial charge in [-0.2, -0.15) is 0 Å². The van der Waals surface area contributed by atoms with Crippen LogP contribution in [0.4, 0.5) is 51.2 Å². The van der Waals surface area contributed by atoms with Gasteiger partial charge < -0.3 is 14.7 Å². The van der Waals surface area contributed by atoms with Crippen LogP contribution < -0.4 is 14.7 Å². The summed E-state index contributed by atoms with van der Waals surface area (Å²) in [6.07, 6.45) is 0. The molecule has 9 aromatic carbocycles. The first-order chi connectivity index (χ1) is 29.3. The van der Waals surface area contributed by atoms with Gasteiger partial charge in [0.25, 0.3) is 0 Å². The van der Waals surface area contributed by atoms with Crippen molar-refractivity contribution < 1.29 is 0 Å². The molecule has 0 aliphatic heterocycles. The summed E-state index contributed by atoms with van der Waals surface area (Å²) in [5, 5.41) is 5.03. The molecule has 0 aliphatic carbocycles. The van der Waals surface area contributed by atoms with E-state index in [0.29, 0.717) is 0 Å². The van der Waals surface area contributed by atoms with Crippen LogP contribution in [-0.2, 0) is 0 Å². The van der Waals surface area contributed by atoms with E-state index in [-0.39, 0.29) is 0 Å². The molecule has 0 saturated carbocycles. The van der Waals surface area contributed by atoms with E-state index in [1.54, 1.807) is 0 Å². The van der Waals surface area contributed by atoms with Crippen LogP contribution >= 0.6 is 22.7 Å². The molecular formula is C54H37N3S2. The van der Waals surface area contributed by atoms with Gasteiger partial charge in [0.15, 0.2) is 0 Å². The Hall–Kier alpha value is -7.18. The minimum atomic E-state index is 1.10. The Morgan fingerprint density at radius 3 is 1.31 bits per heavy atom. The molecule has 0 saturated heterocycles. The number of rotatable bonds is 9. The van der Waals surface area contributed by atoms with Crippen molar-refractivity contribution in [3.05, 3.63) is 224 Å². The van der Waals surface area contributed by atoms with Gasteiger partial charge in [-0.15, -0.1) is 22.7 Å². The Balaban J connectivity index is 1.13. The number of hydrogen-bond acceptors (Lipinski definition) is 5. The fraction of sp³-hybridized carbons (Fsp3) is 0. The highest BCUT2D eigenvalue weighted by molar-refractivity contribution is 7.26. The fourth-order valence-corrected chi connectivity index (χ4v) is 10.8. The summed E-state index contributed by atoms with van der Waals surface area (Å²) in [4.78, 5) is 7.21. The highest BCUT2D eigenvalue weighted by Crippen LogP contribution is 2.50. The van der Waals surface area contributed by atoms with Gasteiger partial charge in [-0.05, 0) is 97.1 Å². The van der Waals surface area contributed by atoms with E-state index in [1.165, 1.54) is 46.0 Å². The second-order valence-corrected chi connectivity index (χ2v) is 16.7. The lowest BCUT2D eigenvalue weighted by molar-refractivity contribution is 1.27. The van der Waals surface area contributed by atoms with Crippen molar-refractivity contribution in [1.82, 2.24) is 0 Å². The molecule has 2 heterocycles. The maximum atomic E-state index is 2.42. The van der Waals surface area contributed by atoms with Crippen LogP contribution in [0.15, 0.2) is 224 Å². The highest BCUT2D eigenvalue weighted by Gasteiger charge is 2.24. The molecule has 0 bridgehead atoms. The average molecular weight is 792 g/mol. The van der Waals surface area contributed by atoms with Crippen LogP contribution in [0.25, 0.3) is 40.3 Å². The zero-order valence-electron chi connectivity index (χ0n) is 32.0. The van der Waals surface area contributed by atoms with Crippen molar-refractivity contribution in [3.63, 3.8) is 0 Å². The van der Waals surface area contributed by atoms with E-state index in [1.807, 2.05) is 22.7 Å². The normalized spacial score (nSPS) is 11.4. The lowest BCUT2D eigenvalue weighted by Crippen LogP contribution is -2.13. The molecule has 0 amide bonds. The van der Waals surface area contributed by atoms with E-state index in [2.05, 4.69) is 239 Å². The molecule has 2 aromatic heterocycles. The quantitative estimate of drug-likeness (QED) is 0.144. The first kappa shape index (κ1) is 35.0. The zero-order chi connectivity index (χ0) is 39.1. The number of anilines is 9. The van der Waals surface area contributed by atoms with Crippen LogP contribution in [0.1, 0.15) is 0 Å². The molecule has 0 atom stereocenters. The van der Waals surface area contributed by atoms with Crippen LogP contribution in [0.2, 0.25) is 0 Å². The second-order valence-electron chi connectivity index (χ2n) is 14.6. The zero-order valence-corrected chi connectivity index (χ0v) is 33.7. The SMILES string of the molecule is c1ccc(N(c2ccc3c(c2)sc2c(N(c4ccccc4)c4ccccc4)cccc23)c2cc(N(c3ccccc3)c3ccccc3)c3c(c2)sc2ccccc23)cc1. The molecule has 0 spiro atoms. The number of benzene rings is 9. The highest BCUT2D eigenvalue weighted by atomic mass is 32.1. The van der Waals surface area contributed by atoms with Crippen molar-refractivity contribution in [2.24, 2.45) is 0 Å². The molecule has 0 radical (unpaired) electrons. The molecular weight excluding hydrogens is 755 g/mol. The number of fused-ring (bicyclic) bond motifs is 6. The summed E-state index contributed by atoms with van der Waals surface area (Å²) in [6, 6.07) is 80.9. The molecule has 11 rings (SSSR count). The van der Waals surface area contributed by atoms with Crippen molar-refractivity contribution in [3.8, 4) is 0 Å². The van der Waals surface area contributed by atoms with Gasteiger partial charge in [-0.25, -0.2) is 0 Å². The minimum absolute atomic E-state index is 1.10. The van der Waals surface area contributed by atoms with Gasteiger partial charge in [0.05, 0.1) is 16.1 Å². The Labute approximate surface area is 351 Å². The van der Waals surface area contributed by atoms with Crippen molar-refractivity contribution in [2.45, 2.75) is 0 Å². The summed E-state index contributed by atoms with van der Waals surface area (Å²) in [6.45, 7) is 0. The van der Waals surface area contributed by atoms with Crippen LogP contribution in [0, 0.1) is 0 Å². The van der Waals surface area contributed by atoms with Crippen LogP contribution in [0.3, 0.4) is 0 Å². The summed E-state index contributed by atoms with van der Waals surface area (Å²) >= 11 is 3.72. The predicted molar refractivity (Wildman–Crippen MR) is 256 cm³/mol. The molecule has 0 N–H and O–H groups in total. The molecule has 280 valence electrons. The van der Waals surface area contributed by atoms with E-state index in [4.69, 9.17) is 0 Å². The van der Waals surface area contributed by atoms with Gasteiger partial charge in [0.2, 0.25) is 0 Å². The maximum Gasteiger partial charge on any atom is 0.0640 e. The van der Waals surface area contributed by atoms with Gasteiger partial charge in [-0.1, -0.05) is 127 Å². The van der Waals surface area contributed by atoms with Gasteiger partial charge in [0.1, 0.15) is 0 Å². The summed E-state index contributed by atoms with van der Waals surface area (Å²) in [5.41, 5.74) is 10.1. The Bertz CT molecular complexity index is 3140. The first-order valence-electron chi connectivity index (χ1n) is 19.8. The predicted octanol–water partition coefficient (Wildman–Crippen LogP) is 16.8. The molecule has 5 heteroatoms. The van der Waals surface area contributed by atoms with E-state index < -0.39 is 0 Å². The monoisotopic (exact) mass is 791 g/mol. The molecule has 59 heavy (non-hydrogen) atoms. The second kappa shape index (κ2) is 15.0. The standard InChI is InChI=1S/C54H37N3S2/c1-6-19-38(20-7-1)55(43-33-34-45-46-30-18-31-48(54(46)59-51(45)36-43)56(39-21-8-2-9-22-39)40-23-10-3-11-24-40)44-35-49(53-47-29-16-17-32-50(47)58-52(53)37-44)57(41-25-12-4-13-26-41)42-27-14-5-15-28-42/h1-37H. The number of thiophene rings is 2. The van der Waals surface area contributed by atoms with Crippen molar-refractivity contribution in [1.29, 1.82) is 0 Å². The third kappa shape index (κ3) is 6.29. The smallest absolute Gasteiger partial charge is 0.0640 e. The van der Waals surface area contributed by atoms with Gasteiger partial charge >= 0.3 is 0 Å². The van der Waals surface area contributed by atoms with E-state index in [9.17, 15) is 0 Å². The van der Waals surface area contributed by atoms with E-state index in [0.717, 1.165) is 45.5 Å². The van der Waals surface area contributed by atoms with Gasteiger partial charge in [-0.3, -0.25) is 0 Å². The van der Waals surface area contributed by atoms with Crippen molar-refractivity contribution >= 4 is 114 Å². The number of hydrogen-bond donors (Lipinski definition) is 0. The molecule has 0 aliphatic rings. The largest absolute Gasteiger partial charge is 0.310 e. The van der Waals surface area contributed by atoms with Crippen LogP contribution in [-0.4, -0.2) is 0 Å². The Morgan fingerprint density at radius 2 is 0.729 bits per heavy atom. The molecule has 0 unspecified atom stereocenters. The Kier molecular flexibility index (Phi) is 8.88. The summed E-state index contributed by atoms with van der Waals surface area (Å²) in [7, 11) is 0. The maximum absolute atomic E-state index is 2.42. The lowest BCUT2D eigenvalue weighted by Gasteiger charge is -2.30. The first-order valence-corrected chi connectivity index (χ1v) is 21.5. The number of para-hydroxylation sites is 5. The summed E-state index contributed by atoms with van der Waals surface area (Å²) in [5.74, 6) is 0. The molecule has 0 fully saturated rings. The molecule has 11 aromatic rings. The average Bonchev–Trinajstić information content (AvgIpc) is 3.87. The molecule has 3 nitrogen and oxygen atoms in total. The van der Waals surface area contributed by atoms with Crippen LogP contribution in [0.5, 0.6) is 0 Å².